The van der Waals surface area contributed by atoms with Crippen LogP contribution in [0.1, 0.15) is 6.92 Å². The Kier molecular flexibility index (Phi) is 13.4. The lowest BCUT2D eigenvalue weighted by Crippen LogP contribution is -2.12. The Balaban J connectivity index is 3.75. The molecule has 19 heavy (non-hydrogen) atoms. The molecule has 0 heterocycles. The van der Waals surface area contributed by atoms with Crippen molar-refractivity contribution in [2.24, 2.45) is 0 Å². The van der Waals surface area contributed by atoms with E-state index in [-0.39, 0.29) is 10.2 Å². The van der Waals surface area contributed by atoms with Gasteiger partial charge in [0.15, 0.2) is 0 Å². The van der Waals surface area contributed by atoms with Crippen molar-refractivity contribution in [3.05, 3.63) is 25.3 Å². The molecule has 0 aromatic carbocycles. The number of rotatable bonds is 11. The molecule has 0 spiro atoms. The maximum Gasteiger partial charge on any atom is 0.211 e. The zero-order valence-electron chi connectivity index (χ0n) is 11.1. The van der Waals surface area contributed by atoms with Crippen LogP contribution in [0.3, 0.4) is 0 Å². The molecule has 0 bridgehead atoms. The highest BCUT2D eigenvalue weighted by Gasteiger charge is 2.10. The van der Waals surface area contributed by atoms with E-state index in [4.69, 9.17) is 0 Å². The second-order valence-corrected chi connectivity index (χ2v) is 8.21. The van der Waals surface area contributed by atoms with Gasteiger partial charge in [-0.05, 0) is 17.9 Å². The molecule has 0 aliphatic heterocycles. The monoisotopic (exact) mass is 336 g/mol. The SMILES string of the molecule is C=CC(=O)SCCSCC(CSC(=O)C=C)SCC. The van der Waals surface area contributed by atoms with Crippen molar-refractivity contribution < 1.29 is 9.59 Å². The summed E-state index contributed by atoms with van der Waals surface area (Å²) in [4.78, 5) is 22.2. The van der Waals surface area contributed by atoms with Crippen molar-refractivity contribution in [3.63, 3.8) is 0 Å². The van der Waals surface area contributed by atoms with Crippen LogP contribution >= 0.6 is 47.0 Å². The molecule has 0 radical (unpaired) electrons. The van der Waals surface area contributed by atoms with Crippen LogP contribution in [0, 0.1) is 0 Å². The average Bonchev–Trinajstić information content (AvgIpc) is 2.43. The summed E-state index contributed by atoms with van der Waals surface area (Å²) >= 11 is 6.35. The predicted octanol–water partition coefficient (Wildman–Crippen LogP) is 3.73. The molecule has 2 nitrogen and oxygen atoms in total. The Morgan fingerprint density at radius 1 is 1.05 bits per heavy atom. The lowest BCUT2D eigenvalue weighted by atomic mass is 10.5. The molecule has 0 rings (SSSR count). The molecule has 0 aromatic heterocycles. The van der Waals surface area contributed by atoms with Gasteiger partial charge in [0.25, 0.3) is 0 Å². The molecule has 0 aliphatic rings. The van der Waals surface area contributed by atoms with Crippen molar-refractivity contribution in [3.8, 4) is 0 Å². The Bertz CT molecular complexity index is 305. The van der Waals surface area contributed by atoms with Crippen LogP contribution in [0.25, 0.3) is 0 Å². The van der Waals surface area contributed by atoms with E-state index in [2.05, 4.69) is 20.1 Å². The fraction of sp³-hybridized carbons (Fsp3) is 0.538. The van der Waals surface area contributed by atoms with Crippen LogP contribution in [-0.2, 0) is 9.59 Å². The molecule has 0 saturated carbocycles. The van der Waals surface area contributed by atoms with Gasteiger partial charge in [-0.25, -0.2) is 0 Å². The molecule has 0 aromatic rings. The zero-order chi connectivity index (χ0) is 14.5. The van der Waals surface area contributed by atoms with E-state index in [1.54, 1.807) is 0 Å². The van der Waals surface area contributed by atoms with Gasteiger partial charge in [0.05, 0.1) is 0 Å². The third kappa shape index (κ3) is 11.7. The quantitative estimate of drug-likeness (QED) is 0.422. The largest absolute Gasteiger partial charge is 0.282 e. The second kappa shape index (κ2) is 13.2. The first-order valence-corrected chi connectivity index (χ1v) is 10.1. The van der Waals surface area contributed by atoms with Gasteiger partial charge in [-0.3, -0.25) is 9.59 Å². The van der Waals surface area contributed by atoms with Crippen molar-refractivity contribution >= 4 is 57.3 Å². The fourth-order valence-corrected chi connectivity index (χ4v) is 5.23. The molecule has 0 N–H and O–H groups in total. The third-order valence-corrected chi connectivity index (χ3v) is 6.75. The average molecular weight is 337 g/mol. The van der Waals surface area contributed by atoms with Crippen LogP contribution in [0.5, 0.6) is 0 Å². The van der Waals surface area contributed by atoms with E-state index < -0.39 is 0 Å². The van der Waals surface area contributed by atoms with E-state index in [1.165, 1.54) is 35.7 Å². The highest BCUT2D eigenvalue weighted by Crippen LogP contribution is 2.22. The Morgan fingerprint density at radius 2 is 1.68 bits per heavy atom. The van der Waals surface area contributed by atoms with E-state index in [9.17, 15) is 9.59 Å². The molecule has 1 atom stereocenters. The van der Waals surface area contributed by atoms with Crippen LogP contribution in [0.2, 0.25) is 0 Å². The van der Waals surface area contributed by atoms with E-state index in [0.29, 0.717) is 5.25 Å². The number of hydrogen-bond donors (Lipinski definition) is 0. The maximum atomic E-state index is 11.2. The fourth-order valence-electron chi connectivity index (χ4n) is 1.09. The summed E-state index contributed by atoms with van der Waals surface area (Å²) in [5.74, 6) is 4.66. The zero-order valence-corrected chi connectivity index (χ0v) is 14.4. The first kappa shape index (κ1) is 19.2. The van der Waals surface area contributed by atoms with Crippen molar-refractivity contribution in [1.82, 2.24) is 0 Å². The van der Waals surface area contributed by atoms with Crippen LogP contribution < -0.4 is 0 Å². The first-order valence-electron chi connectivity index (χ1n) is 5.91. The van der Waals surface area contributed by atoms with Gasteiger partial charge in [-0.15, -0.1) is 0 Å². The summed E-state index contributed by atoms with van der Waals surface area (Å²) in [6.45, 7) is 9.03. The molecular formula is C13H20O2S4. The first-order chi connectivity index (χ1) is 9.13. The molecular weight excluding hydrogens is 316 g/mol. The minimum Gasteiger partial charge on any atom is -0.282 e. The number of carbonyl (C=O) groups is 2. The third-order valence-electron chi connectivity index (χ3n) is 1.92. The normalized spacial score (nSPS) is 11.8. The number of hydrogen-bond acceptors (Lipinski definition) is 6. The summed E-state index contributed by atoms with van der Waals surface area (Å²) in [5, 5.41) is 0.551. The summed E-state index contributed by atoms with van der Waals surface area (Å²) in [5.41, 5.74) is 0. The van der Waals surface area contributed by atoms with E-state index in [1.807, 2.05) is 23.5 Å². The Labute approximate surface area is 133 Å². The summed E-state index contributed by atoms with van der Waals surface area (Å²) < 4.78 is 0. The number of thioether (sulfide) groups is 4. The molecule has 0 aliphatic carbocycles. The molecule has 0 fully saturated rings. The Morgan fingerprint density at radius 3 is 2.26 bits per heavy atom. The van der Waals surface area contributed by atoms with E-state index in [0.717, 1.165) is 28.8 Å². The molecule has 1 unspecified atom stereocenters. The van der Waals surface area contributed by atoms with Gasteiger partial charge in [-0.1, -0.05) is 43.6 Å². The van der Waals surface area contributed by atoms with Gasteiger partial charge in [0.2, 0.25) is 10.2 Å². The van der Waals surface area contributed by atoms with Crippen LogP contribution in [-0.4, -0.2) is 44.2 Å². The lowest BCUT2D eigenvalue weighted by Gasteiger charge is -2.13. The number of carbonyl (C=O) groups excluding carboxylic acids is 2. The highest BCUT2D eigenvalue weighted by atomic mass is 32.2. The second-order valence-electron chi connectivity index (χ2n) is 3.36. The smallest absolute Gasteiger partial charge is 0.211 e. The van der Waals surface area contributed by atoms with Gasteiger partial charge in [-0.2, -0.15) is 23.5 Å². The van der Waals surface area contributed by atoms with Gasteiger partial charge in [0, 0.05) is 28.3 Å². The summed E-state index contributed by atoms with van der Waals surface area (Å²) in [6.07, 6.45) is 2.71. The maximum absolute atomic E-state index is 11.2. The molecule has 0 amide bonds. The van der Waals surface area contributed by atoms with Crippen molar-refractivity contribution in [2.45, 2.75) is 12.2 Å². The highest BCUT2D eigenvalue weighted by molar-refractivity contribution is 8.15. The Hall–Kier alpha value is 0.220. The summed E-state index contributed by atoms with van der Waals surface area (Å²) in [6, 6.07) is 0. The molecule has 108 valence electrons. The van der Waals surface area contributed by atoms with Crippen LogP contribution in [0.4, 0.5) is 0 Å². The van der Waals surface area contributed by atoms with Gasteiger partial charge >= 0.3 is 0 Å². The summed E-state index contributed by atoms with van der Waals surface area (Å²) in [7, 11) is 0. The van der Waals surface area contributed by atoms with Gasteiger partial charge < -0.3 is 0 Å². The lowest BCUT2D eigenvalue weighted by molar-refractivity contribution is -0.107. The molecule has 0 saturated heterocycles. The van der Waals surface area contributed by atoms with E-state index >= 15 is 0 Å². The predicted molar refractivity (Wildman–Crippen MR) is 94.6 cm³/mol. The van der Waals surface area contributed by atoms with Gasteiger partial charge in [0.1, 0.15) is 0 Å². The van der Waals surface area contributed by atoms with Crippen molar-refractivity contribution in [2.75, 3.05) is 28.8 Å². The minimum atomic E-state index is 0.0345. The topological polar surface area (TPSA) is 34.1 Å². The van der Waals surface area contributed by atoms with Crippen LogP contribution in [0.15, 0.2) is 25.3 Å². The minimum absolute atomic E-state index is 0.0345. The van der Waals surface area contributed by atoms with Crippen molar-refractivity contribution in [1.29, 1.82) is 0 Å². The standard InChI is InChI=1S/C13H20O2S4/c1-4-12(14)18-8-7-16-9-11(17-6-3)10-19-13(15)5-2/h4-5,11H,1-2,6-10H2,3H3. The molecule has 6 heteroatoms.